The highest BCUT2D eigenvalue weighted by Crippen LogP contribution is 2.46. The number of aromatic nitrogens is 3. The second-order valence-corrected chi connectivity index (χ2v) is 9.41. The lowest BCUT2D eigenvalue weighted by molar-refractivity contribution is -0.118. The second kappa shape index (κ2) is 12.1. The molecule has 4 rings (SSSR count). The standard InChI is InChI=1S/C27H32N4O4S/c1-5-7-8-11-17-36-27-28-25-23(29-30-27)19-13-9-10-15-21(19)31(18(3)32)26(35-25)20-14-12-16-22(34-6-2)24(20)33-4/h9-10,12-16,26H,5-8,11,17H2,1-4H3/t26-/m1/s1. The highest BCUT2D eigenvalue weighted by molar-refractivity contribution is 7.99. The van der Waals surface area contributed by atoms with E-state index in [9.17, 15) is 4.79 Å². The molecule has 1 aliphatic heterocycles. The molecule has 8 nitrogen and oxygen atoms in total. The maximum Gasteiger partial charge on any atom is 0.247 e. The summed E-state index contributed by atoms with van der Waals surface area (Å²) in [7, 11) is 1.58. The molecule has 9 heteroatoms. The van der Waals surface area contributed by atoms with Crippen LogP contribution < -0.4 is 19.1 Å². The summed E-state index contributed by atoms with van der Waals surface area (Å²) < 4.78 is 18.0. The average Bonchev–Trinajstić information content (AvgIpc) is 3.03. The highest BCUT2D eigenvalue weighted by Gasteiger charge is 2.36. The molecule has 0 spiro atoms. The largest absolute Gasteiger partial charge is 0.492 e. The van der Waals surface area contributed by atoms with Crippen LogP contribution in [-0.4, -0.2) is 40.6 Å². The molecule has 0 bridgehead atoms. The van der Waals surface area contributed by atoms with Crippen molar-refractivity contribution in [1.82, 2.24) is 15.2 Å². The van der Waals surface area contributed by atoms with E-state index in [4.69, 9.17) is 19.2 Å². The molecular formula is C27H32N4O4S. The maximum absolute atomic E-state index is 13.1. The number of fused-ring (bicyclic) bond motifs is 3. The van der Waals surface area contributed by atoms with Crippen molar-refractivity contribution in [3.8, 4) is 28.6 Å². The van der Waals surface area contributed by atoms with Gasteiger partial charge in [-0.25, -0.2) is 0 Å². The third-order valence-electron chi connectivity index (χ3n) is 5.86. The molecule has 0 aliphatic carbocycles. The topological polar surface area (TPSA) is 86.7 Å². The summed E-state index contributed by atoms with van der Waals surface area (Å²) in [4.78, 5) is 19.4. The van der Waals surface area contributed by atoms with Gasteiger partial charge in [0.2, 0.25) is 23.2 Å². The number of rotatable bonds is 10. The molecule has 2 heterocycles. The van der Waals surface area contributed by atoms with Crippen LogP contribution in [0.15, 0.2) is 47.6 Å². The number of para-hydroxylation sites is 2. The van der Waals surface area contributed by atoms with Gasteiger partial charge in [0.15, 0.2) is 17.2 Å². The summed E-state index contributed by atoms with van der Waals surface area (Å²) in [6.45, 7) is 6.09. The molecule has 2 aromatic carbocycles. The number of ether oxygens (including phenoxy) is 3. The maximum atomic E-state index is 13.1. The fourth-order valence-corrected chi connectivity index (χ4v) is 5.00. The Morgan fingerprint density at radius 2 is 1.92 bits per heavy atom. The zero-order chi connectivity index (χ0) is 25.5. The third kappa shape index (κ3) is 5.41. The summed E-state index contributed by atoms with van der Waals surface area (Å²) in [5.74, 6) is 2.12. The van der Waals surface area contributed by atoms with Crippen LogP contribution in [-0.2, 0) is 4.79 Å². The number of benzene rings is 2. The molecule has 0 saturated carbocycles. The summed E-state index contributed by atoms with van der Waals surface area (Å²) in [5.41, 5.74) is 2.53. The number of nitrogens with zero attached hydrogens (tertiary/aromatic N) is 4. The van der Waals surface area contributed by atoms with E-state index < -0.39 is 6.23 Å². The lowest BCUT2D eigenvalue weighted by atomic mass is 10.1. The Kier molecular flexibility index (Phi) is 8.64. The van der Waals surface area contributed by atoms with Crippen LogP contribution in [0.4, 0.5) is 5.69 Å². The van der Waals surface area contributed by atoms with Crippen LogP contribution in [0.1, 0.15) is 58.2 Å². The fraction of sp³-hybridized carbons (Fsp3) is 0.407. The second-order valence-electron chi connectivity index (χ2n) is 8.35. The molecule has 0 N–H and O–H groups in total. The molecule has 1 amide bonds. The van der Waals surface area contributed by atoms with Gasteiger partial charge in [-0.15, -0.1) is 10.2 Å². The quantitative estimate of drug-likeness (QED) is 0.241. The Labute approximate surface area is 216 Å². The minimum absolute atomic E-state index is 0.192. The van der Waals surface area contributed by atoms with Crippen molar-refractivity contribution in [3.05, 3.63) is 48.0 Å². The van der Waals surface area contributed by atoms with Crippen molar-refractivity contribution in [3.63, 3.8) is 0 Å². The number of methoxy groups -OCH3 is 1. The first-order valence-electron chi connectivity index (χ1n) is 12.3. The number of anilines is 1. The molecule has 1 aliphatic rings. The number of thioether (sulfide) groups is 1. The van der Waals surface area contributed by atoms with Gasteiger partial charge in [0.05, 0.1) is 25.0 Å². The van der Waals surface area contributed by atoms with Crippen molar-refractivity contribution >= 4 is 23.4 Å². The van der Waals surface area contributed by atoms with Crippen LogP contribution in [0.3, 0.4) is 0 Å². The van der Waals surface area contributed by atoms with Crippen molar-refractivity contribution in [2.75, 3.05) is 24.4 Å². The zero-order valence-electron chi connectivity index (χ0n) is 21.2. The number of unbranched alkanes of at least 4 members (excludes halogenated alkanes) is 3. The monoisotopic (exact) mass is 508 g/mol. The molecule has 3 aromatic rings. The molecule has 1 atom stereocenters. The van der Waals surface area contributed by atoms with Crippen LogP contribution in [0.5, 0.6) is 17.4 Å². The van der Waals surface area contributed by atoms with E-state index in [0.717, 1.165) is 17.7 Å². The molecule has 1 aromatic heterocycles. The van der Waals surface area contributed by atoms with Gasteiger partial charge in [-0.1, -0.05) is 62.2 Å². The van der Waals surface area contributed by atoms with E-state index in [2.05, 4.69) is 17.1 Å². The van der Waals surface area contributed by atoms with Crippen LogP contribution in [0.2, 0.25) is 0 Å². The SMILES string of the molecule is CCCCCCSc1nnc2c(n1)O[C@H](c1cccc(OCC)c1OC)N(C(C)=O)c1ccccc1-2. The fourth-order valence-electron chi connectivity index (χ4n) is 4.22. The van der Waals surface area contributed by atoms with Crippen LogP contribution >= 0.6 is 11.8 Å². The van der Waals surface area contributed by atoms with Crippen molar-refractivity contribution in [2.24, 2.45) is 0 Å². The van der Waals surface area contributed by atoms with E-state index in [1.54, 1.807) is 23.8 Å². The number of hydrogen-bond donors (Lipinski definition) is 0. The summed E-state index contributed by atoms with van der Waals surface area (Å²) >= 11 is 1.56. The molecule has 190 valence electrons. The Morgan fingerprint density at radius 1 is 1.08 bits per heavy atom. The lowest BCUT2D eigenvalue weighted by Crippen LogP contribution is -2.36. The molecule has 0 saturated heterocycles. The summed E-state index contributed by atoms with van der Waals surface area (Å²) in [6.07, 6.45) is 3.83. The van der Waals surface area contributed by atoms with E-state index >= 15 is 0 Å². The van der Waals surface area contributed by atoms with Crippen molar-refractivity contribution < 1.29 is 19.0 Å². The molecule has 0 unspecified atom stereocenters. The van der Waals surface area contributed by atoms with Gasteiger partial charge in [-0.3, -0.25) is 9.69 Å². The Hall–Kier alpha value is -3.33. The first-order chi connectivity index (χ1) is 17.6. The number of hydrogen-bond acceptors (Lipinski definition) is 8. The highest BCUT2D eigenvalue weighted by atomic mass is 32.2. The molecule has 36 heavy (non-hydrogen) atoms. The predicted octanol–water partition coefficient (Wildman–Crippen LogP) is 6.06. The Balaban J connectivity index is 1.80. The Morgan fingerprint density at radius 3 is 2.67 bits per heavy atom. The lowest BCUT2D eigenvalue weighted by Gasteiger charge is -2.31. The summed E-state index contributed by atoms with van der Waals surface area (Å²) in [6, 6.07) is 13.1. The van der Waals surface area contributed by atoms with E-state index in [0.29, 0.717) is 46.1 Å². The average molecular weight is 509 g/mol. The minimum atomic E-state index is -0.848. The van der Waals surface area contributed by atoms with Gasteiger partial charge in [0.1, 0.15) is 0 Å². The Bertz CT molecular complexity index is 1210. The molecule has 0 fully saturated rings. The van der Waals surface area contributed by atoms with Gasteiger partial charge >= 0.3 is 0 Å². The number of carbonyl (C=O) groups is 1. The van der Waals surface area contributed by atoms with Crippen molar-refractivity contribution in [2.45, 2.75) is 57.8 Å². The normalized spacial score (nSPS) is 14.3. The number of amides is 1. The van der Waals surface area contributed by atoms with Gasteiger partial charge in [0.25, 0.3) is 0 Å². The van der Waals surface area contributed by atoms with Crippen LogP contribution in [0, 0.1) is 0 Å². The van der Waals surface area contributed by atoms with Crippen molar-refractivity contribution in [1.29, 1.82) is 0 Å². The third-order valence-corrected chi connectivity index (χ3v) is 6.78. The van der Waals surface area contributed by atoms with E-state index in [1.165, 1.54) is 26.2 Å². The first kappa shape index (κ1) is 25.8. The van der Waals surface area contributed by atoms with Gasteiger partial charge in [-0.05, 0) is 31.5 Å². The first-order valence-corrected chi connectivity index (χ1v) is 13.3. The van der Waals surface area contributed by atoms with Crippen LogP contribution in [0.25, 0.3) is 11.3 Å². The van der Waals surface area contributed by atoms with Gasteiger partial charge < -0.3 is 14.2 Å². The number of carbonyl (C=O) groups excluding carboxylic acids is 1. The van der Waals surface area contributed by atoms with Gasteiger partial charge in [-0.2, -0.15) is 4.98 Å². The van der Waals surface area contributed by atoms with Gasteiger partial charge in [0, 0.05) is 18.2 Å². The molecule has 0 radical (unpaired) electrons. The predicted molar refractivity (Wildman–Crippen MR) is 141 cm³/mol. The van der Waals surface area contributed by atoms with E-state index in [1.807, 2.05) is 49.4 Å². The molecular weight excluding hydrogens is 476 g/mol. The summed E-state index contributed by atoms with van der Waals surface area (Å²) in [5, 5.41) is 9.41. The minimum Gasteiger partial charge on any atom is -0.492 e. The smallest absolute Gasteiger partial charge is 0.247 e. The van der Waals surface area contributed by atoms with E-state index in [-0.39, 0.29) is 5.91 Å². The zero-order valence-corrected chi connectivity index (χ0v) is 22.0.